The molecule has 0 aliphatic carbocycles. The van der Waals surface area contributed by atoms with Crippen molar-refractivity contribution >= 4 is 10.0 Å². The van der Waals surface area contributed by atoms with Gasteiger partial charge in [-0.25, -0.2) is 17.2 Å². The summed E-state index contributed by atoms with van der Waals surface area (Å²) in [6.07, 6.45) is 0. The number of nitrogens with two attached hydrogens (primary N) is 1. The summed E-state index contributed by atoms with van der Waals surface area (Å²) in [7, 11) is -4.09. The van der Waals surface area contributed by atoms with Crippen molar-refractivity contribution in [3.05, 3.63) is 29.8 Å². The minimum Gasteiger partial charge on any atom is -0.325 e. The highest BCUT2D eigenvalue weighted by Crippen LogP contribution is 2.25. The van der Waals surface area contributed by atoms with Crippen LogP contribution < -0.4 is 5.73 Å². The summed E-state index contributed by atoms with van der Waals surface area (Å²) in [6.45, 7) is 0.187. The molecule has 0 unspecified atom stereocenters. The minimum atomic E-state index is -4.09. The summed E-state index contributed by atoms with van der Waals surface area (Å²) in [5.41, 5.74) is 5.43. The maximum atomic E-state index is 13.3. The Kier molecular flexibility index (Phi) is 2.69. The summed E-state index contributed by atoms with van der Waals surface area (Å²) in [4.78, 5) is -0.901. The molecule has 1 aliphatic rings. The van der Waals surface area contributed by atoms with Gasteiger partial charge in [0.05, 0.1) is 0 Å². The van der Waals surface area contributed by atoms with Crippen molar-refractivity contribution in [3.8, 4) is 0 Å². The first-order valence-electron chi connectivity index (χ1n) is 4.62. The van der Waals surface area contributed by atoms with Gasteiger partial charge in [0.2, 0.25) is 10.0 Å². The van der Waals surface area contributed by atoms with Crippen LogP contribution >= 0.6 is 0 Å². The third kappa shape index (κ3) is 1.70. The second-order valence-corrected chi connectivity index (χ2v) is 5.51. The Morgan fingerprint density at radius 3 is 2.19 bits per heavy atom. The van der Waals surface area contributed by atoms with Crippen LogP contribution in [0.25, 0.3) is 0 Å². The third-order valence-corrected chi connectivity index (χ3v) is 4.28. The maximum absolute atomic E-state index is 13.3. The smallest absolute Gasteiger partial charge is 0.249 e. The first kappa shape index (κ1) is 11.4. The third-order valence-electron chi connectivity index (χ3n) is 2.39. The predicted octanol–water partition coefficient (Wildman–Crippen LogP) is 0.296. The van der Waals surface area contributed by atoms with E-state index in [0.717, 1.165) is 22.5 Å². The molecule has 1 fully saturated rings. The van der Waals surface area contributed by atoms with Crippen LogP contribution in [0.5, 0.6) is 0 Å². The van der Waals surface area contributed by atoms with Crippen LogP contribution in [0.3, 0.4) is 0 Å². The lowest BCUT2D eigenvalue weighted by molar-refractivity contribution is 0.263. The summed E-state index contributed by atoms with van der Waals surface area (Å²) in [5.74, 6) is -2.17. The van der Waals surface area contributed by atoms with Crippen molar-refractivity contribution in [2.75, 3.05) is 13.1 Å². The minimum absolute atomic E-state index is 0.0934. The summed E-state index contributed by atoms with van der Waals surface area (Å²) in [5, 5.41) is 0. The van der Waals surface area contributed by atoms with Gasteiger partial charge in [0, 0.05) is 19.1 Å². The number of halogens is 2. The Morgan fingerprint density at radius 2 is 1.75 bits per heavy atom. The molecule has 2 N–H and O–H groups in total. The Bertz CT molecular complexity index is 492. The predicted molar refractivity (Wildman–Crippen MR) is 53.1 cm³/mol. The zero-order chi connectivity index (χ0) is 11.9. The van der Waals surface area contributed by atoms with Crippen LogP contribution in [0.4, 0.5) is 8.78 Å². The summed E-state index contributed by atoms with van der Waals surface area (Å²) in [6, 6.07) is 2.68. The van der Waals surface area contributed by atoms with Crippen molar-refractivity contribution in [3.63, 3.8) is 0 Å². The van der Waals surface area contributed by atoms with Crippen molar-refractivity contribution in [2.24, 2.45) is 5.73 Å². The Hall–Kier alpha value is -1.05. The van der Waals surface area contributed by atoms with Crippen LogP contribution in [-0.4, -0.2) is 31.9 Å². The lowest BCUT2D eigenvalue weighted by Crippen LogP contribution is -2.57. The molecule has 0 atom stereocenters. The molecule has 0 radical (unpaired) electrons. The van der Waals surface area contributed by atoms with E-state index >= 15 is 0 Å². The SMILES string of the molecule is NC1CN(S(=O)(=O)c2c(F)cccc2F)C1. The Balaban J connectivity index is 2.44. The van der Waals surface area contributed by atoms with E-state index in [9.17, 15) is 17.2 Å². The molecule has 0 aromatic heterocycles. The molecule has 7 heteroatoms. The van der Waals surface area contributed by atoms with E-state index < -0.39 is 26.6 Å². The van der Waals surface area contributed by atoms with E-state index in [1.165, 1.54) is 0 Å². The molecule has 1 saturated heterocycles. The molecule has 0 amide bonds. The van der Waals surface area contributed by atoms with Crippen molar-refractivity contribution in [1.29, 1.82) is 0 Å². The zero-order valence-electron chi connectivity index (χ0n) is 8.23. The van der Waals surface area contributed by atoms with Gasteiger partial charge in [-0.05, 0) is 12.1 Å². The molecule has 0 bridgehead atoms. The molecule has 1 heterocycles. The van der Waals surface area contributed by atoms with Gasteiger partial charge in [0.1, 0.15) is 11.6 Å². The lowest BCUT2D eigenvalue weighted by Gasteiger charge is -2.35. The average Bonchev–Trinajstić information content (AvgIpc) is 2.12. The van der Waals surface area contributed by atoms with Crippen molar-refractivity contribution in [2.45, 2.75) is 10.9 Å². The molecule has 2 rings (SSSR count). The second-order valence-electron chi connectivity index (χ2n) is 3.63. The first-order valence-corrected chi connectivity index (χ1v) is 6.06. The van der Waals surface area contributed by atoms with Crippen molar-refractivity contribution < 1.29 is 17.2 Å². The number of benzene rings is 1. The number of rotatable bonds is 2. The first-order chi connectivity index (χ1) is 7.43. The topological polar surface area (TPSA) is 63.4 Å². The number of hydrogen-bond donors (Lipinski definition) is 1. The highest BCUT2D eigenvalue weighted by molar-refractivity contribution is 7.89. The Morgan fingerprint density at radius 1 is 1.25 bits per heavy atom. The molecule has 0 saturated carbocycles. The Labute approximate surface area is 91.7 Å². The van der Waals surface area contributed by atoms with Gasteiger partial charge in [-0.3, -0.25) is 0 Å². The van der Waals surface area contributed by atoms with Gasteiger partial charge >= 0.3 is 0 Å². The normalized spacial score (nSPS) is 18.4. The van der Waals surface area contributed by atoms with Crippen LogP contribution in [0.15, 0.2) is 23.1 Å². The molecule has 1 aliphatic heterocycles. The highest BCUT2D eigenvalue weighted by Gasteiger charge is 2.37. The van der Waals surface area contributed by atoms with Crippen LogP contribution in [0.2, 0.25) is 0 Å². The van der Waals surface area contributed by atoms with E-state index in [4.69, 9.17) is 5.73 Å². The fourth-order valence-corrected chi connectivity index (χ4v) is 3.19. The molecular weight excluding hydrogens is 238 g/mol. The molecule has 4 nitrogen and oxygen atoms in total. The van der Waals surface area contributed by atoms with E-state index in [-0.39, 0.29) is 19.1 Å². The average molecular weight is 248 g/mol. The van der Waals surface area contributed by atoms with Crippen LogP contribution in [0, 0.1) is 11.6 Å². The maximum Gasteiger partial charge on any atom is 0.249 e. The molecule has 1 aromatic carbocycles. The molecular formula is C9H10F2N2O2S. The second kappa shape index (κ2) is 3.76. The van der Waals surface area contributed by atoms with E-state index in [2.05, 4.69) is 0 Å². The number of nitrogens with zero attached hydrogens (tertiary/aromatic N) is 1. The van der Waals surface area contributed by atoms with E-state index in [0.29, 0.717) is 0 Å². The highest BCUT2D eigenvalue weighted by atomic mass is 32.2. The van der Waals surface area contributed by atoms with E-state index in [1.807, 2.05) is 0 Å². The van der Waals surface area contributed by atoms with Gasteiger partial charge in [-0.15, -0.1) is 0 Å². The van der Waals surface area contributed by atoms with Gasteiger partial charge in [0.15, 0.2) is 4.90 Å². The number of sulfonamides is 1. The molecule has 88 valence electrons. The van der Waals surface area contributed by atoms with Crippen LogP contribution in [-0.2, 0) is 10.0 Å². The van der Waals surface area contributed by atoms with Gasteiger partial charge in [-0.2, -0.15) is 4.31 Å². The fraction of sp³-hybridized carbons (Fsp3) is 0.333. The number of hydrogen-bond acceptors (Lipinski definition) is 3. The largest absolute Gasteiger partial charge is 0.325 e. The summed E-state index contributed by atoms with van der Waals surface area (Å²) < 4.78 is 51.1. The van der Waals surface area contributed by atoms with Gasteiger partial charge in [0.25, 0.3) is 0 Å². The summed E-state index contributed by atoms with van der Waals surface area (Å²) >= 11 is 0. The van der Waals surface area contributed by atoms with Gasteiger partial charge < -0.3 is 5.73 Å². The van der Waals surface area contributed by atoms with E-state index in [1.54, 1.807) is 0 Å². The van der Waals surface area contributed by atoms with Crippen molar-refractivity contribution in [1.82, 2.24) is 4.31 Å². The molecule has 0 spiro atoms. The molecule has 1 aromatic rings. The standard InChI is InChI=1S/C9H10F2N2O2S/c10-7-2-1-3-8(11)9(7)16(14,15)13-4-6(12)5-13/h1-3,6H,4-5,12H2. The van der Waals surface area contributed by atoms with Crippen LogP contribution in [0.1, 0.15) is 0 Å². The lowest BCUT2D eigenvalue weighted by atomic mass is 10.2. The van der Waals surface area contributed by atoms with Gasteiger partial charge in [-0.1, -0.05) is 6.07 Å². The molecule has 16 heavy (non-hydrogen) atoms. The quantitative estimate of drug-likeness (QED) is 0.818. The monoisotopic (exact) mass is 248 g/mol. The fourth-order valence-electron chi connectivity index (χ4n) is 1.52. The zero-order valence-corrected chi connectivity index (χ0v) is 9.05.